The van der Waals surface area contributed by atoms with Gasteiger partial charge in [0.2, 0.25) is 5.91 Å². The van der Waals surface area contributed by atoms with E-state index < -0.39 is 120 Å². The van der Waals surface area contributed by atoms with Crippen molar-refractivity contribution in [1.82, 2.24) is 5.32 Å². The molecule has 0 radical (unpaired) electrons. The summed E-state index contributed by atoms with van der Waals surface area (Å²) in [5.41, 5.74) is -6.32. The Kier molecular flexibility index (Phi) is 13.3. The van der Waals surface area contributed by atoms with Crippen LogP contribution in [0.3, 0.4) is 0 Å². The molecule has 15 heteroatoms. The number of esters is 3. The summed E-state index contributed by atoms with van der Waals surface area (Å²) >= 11 is 0. The molecule has 1 saturated heterocycles. The molecule has 0 aromatic heterocycles. The van der Waals surface area contributed by atoms with Gasteiger partial charge in [0.1, 0.15) is 30.0 Å². The van der Waals surface area contributed by atoms with Crippen molar-refractivity contribution in [2.24, 2.45) is 16.7 Å². The van der Waals surface area contributed by atoms with Crippen LogP contribution in [0.1, 0.15) is 104 Å². The summed E-state index contributed by atoms with van der Waals surface area (Å²) in [7, 11) is -2.86. The van der Waals surface area contributed by atoms with Gasteiger partial charge in [0, 0.05) is 30.8 Å². The first kappa shape index (κ1) is 48.9. The molecule has 2 bridgehead atoms. The molecule has 2 saturated carbocycles. The molecule has 1 aliphatic heterocycles. The maximum Gasteiger partial charge on any atom is 0.338 e. The maximum absolute atomic E-state index is 15.2. The molecule has 348 valence electrons. The van der Waals surface area contributed by atoms with Gasteiger partial charge in [0.05, 0.1) is 35.6 Å². The molecule has 2 aromatic rings. The number of hydrogen-bond acceptors (Lipinski definition) is 13. The number of benzene rings is 2. The summed E-state index contributed by atoms with van der Waals surface area (Å²) in [6, 6.07) is 15.8. The molecule has 4 aliphatic rings. The third-order valence-corrected chi connectivity index (χ3v) is 19.6. The number of amides is 1. The number of Topliss-reactive ketones (excluding diaryl/α,β-unsaturated/α-hetero) is 1. The topological polar surface area (TPSA) is 204 Å². The highest BCUT2D eigenvalue weighted by Gasteiger charge is 2.78. The van der Waals surface area contributed by atoms with E-state index in [4.69, 9.17) is 23.4 Å². The van der Waals surface area contributed by atoms with Crippen LogP contribution in [-0.4, -0.2) is 108 Å². The van der Waals surface area contributed by atoms with Gasteiger partial charge in [-0.1, -0.05) is 89.2 Å². The second kappa shape index (κ2) is 17.4. The van der Waals surface area contributed by atoms with E-state index in [2.05, 4.69) is 5.32 Å². The molecule has 14 nitrogen and oxygen atoms in total. The zero-order chi connectivity index (χ0) is 47.5. The highest BCUT2D eigenvalue weighted by molar-refractivity contribution is 6.74. The Morgan fingerprint density at radius 2 is 1.55 bits per heavy atom. The molecule has 4 N–H and O–H groups in total. The number of hydrogen-bond donors (Lipinski definition) is 4. The number of ketones is 1. The van der Waals surface area contributed by atoms with Crippen molar-refractivity contribution in [2.45, 2.75) is 154 Å². The molecule has 1 heterocycles. The maximum atomic E-state index is 15.2. The van der Waals surface area contributed by atoms with E-state index in [1.165, 1.54) is 26.0 Å². The molecule has 0 spiro atoms. The predicted octanol–water partition coefficient (Wildman–Crippen LogP) is 5.85. The van der Waals surface area contributed by atoms with Crippen molar-refractivity contribution in [3.8, 4) is 0 Å². The molecule has 11 atom stereocenters. The number of rotatable bonds is 11. The van der Waals surface area contributed by atoms with Crippen LogP contribution in [0.25, 0.3) is 0 Å². The first-order valence-electron chi connectivity index (χ1n) is 22.0. The number of carbonyl (C=O) groups is 5. The Bertz CT molecular complexity index is 2220. The quantitative estimate of drug-likeness (QED) is 0.0689. The molecule has 64 heavy (non-hydrogen) atoms. The third-order valence-electron chi connectivity index (χ3n) is 15.2. The number of allylic oxidation sites excluding steroid dienone is 1. The van der Waals surface area contributed by atoms with Crippen molar-refractivity contribution in [1.29, 1.82) is 0 Å². The van der Waals surface area contributed by atoms with Crippen molar-refractivity contribution in [3.63, 3.8) is 0 Å². The molecular weight excluding hydrogens is 839 g/mol. The summed E-state index contributed by atoms with van der Waals surface area (Å²) in [5.74, 6) is -5.34. The summed E-state index contributed by atoms with van der Waals surface area (Å²) in [6.45, 7) is 20.5. The number of fused-ring (bicyclic) bond motifs is 5. The average molecular weight is 904 g/mol. The van der Waals surface area contributed by atoms with Gasteiger partial charge in [0.15, 0.2) is 25.8 Å². The Morgan fingerprint density at radius 1 is 0.953 bits per heavy atom. The molecule has 2 aromatic carbocycles. The van der Waals surface area contributed by atoms with Gasteiger partial charge in [-0.25, -0.2) is 9.59 Å². The lowest BCUT2D eigenvalue weighted by atomic mass is 9.44. The summed E-state index contributed by atoms with van der Waals surface area (Å²) in [5, 5.41) is 40.8. The van der Waals surface area contributed by atoms with Crippen LogP contribution in [0.5, 0.6) is 0 Å². The van der Waals surface area contributed by atoms with E-state index in [1.807, 2.05) is 33.9 Å². The minimum Gasteiger partial charge on any atom is -0.456 e. The van der Waals surface area contributed by atoms with E-state index in [-0.39, 0.29) is 29.7 Å². The van der Waals surface area contributed by atoms with Gasteiger partial charge in [-0.05, 0) is 74.7 Å². The summed E-state index contributed by atoms with van der Waals surface area (Å²) in [4.78, 5) is 71.4. The first-order chi connectivity index (χ1) is 29.7. The minimum absolute atomic E-state index is 0.00342. The fraction of sp³-hybridized carbons (Fsp3) is 0.571. The van der Waals surface area contributed by atoms with Crippen LogP contribution in [-0.2, 0) is 42.6 Å². The Morgan fingerprint density at radius 3 is 2.08 bits per heavy atom. The van der Waals surface area contributed by atoms with E-state index >= 15 is 9.59 Å². The summed E-state index contributed by atoms with van der Waals surface area (Å²) in [6.07, 6.45) is -8.04. The van der Waals surface area contributed by atoms with E-state index in [1.54, 1.807) is 89.2 Å². The lowest BCUT2D eigenvalue weighted by Gasteiger charge is -2.67. The lowest BCUT2D eigenvalue weighted by molar-refractivity contribution is -0.346. The molecular formula is C49H65NO13Si. The number of nitrogens with one attached hydrogen (secondary N) is 1. The lowest BCUT2D eigenvalue weighted by Crippen LogP contribution is -2.81. The number of aliphatic hydroxyl groups is 3. The van der Waals surface area contributed by atoms with E-state index in [9.17, 15) is 29.7 Å². The van der Waals surface area contributed by atoms with Gasteiger partial charge < -0.3 is 44.0 Å². The first-order valence-corrected chi connectivity index (χ1v) is 24.9. The normalized spacial score (nSPS) is 32.3. The van der Waals surface area contributed by atoms with Crippen molar-refractivity contribution in [3.05, 3.63) is 94.6 Å². The monoisotopic (exact) mass is 903 g/mol. The summed E-state index contributed by atoms with van der Waals surface area (Å²) < 4.78 is 31.8. The minimum atomic E-state index is -2.86. The number of carbonyl (C=O) groups excluding carboxylic acids is 5. The van der Waals surface area contributed by atoms with E-state index in [0.717, 1.165) is 0 Å². The average Bonchev–Trinajstić information content (AvgIpc) is 3.22. The molecule has 1 amide bonds. The van der Waals surface area contributed by atoms with Gasteiger partial charge in [-0.3, -0.25) is 14.4 Å². The number of aliphatic hydroxyl groups excluding tert-OH is 2. The van der Waals surface area contributed by atoms with Gasteiger partial charge in [-0.2, -0.15) is 0 Å². The predicted molar refractivity (Wildman–Crippen MR) is 238 cm³/mol. The second-order valence-electron chi connectivity index (χ2n) is 20.2. The van der Waals surface area contributed by atoms with Crippen LogP contribution in [0.4, 0.5) is 0 Å². The standard InChI is InChI=1S/C49H65NO13Si/c1-13-27(2)42(55)50-36(30-20-16-14-17-21-30)38(63-64(11,12)45(5,6)7)44(57)60-32-25-49(58)41(61-43(56)31-22-18-15-19-23-31)39-47(10,40(54)37(53)35(28(32)3)46(49,8)9)33(52)24-34-48(39,26-59-34)62-29(4)51/h13-23,32-34,36-39,41,52-53,58H,24-26H2,1-12H3,(H,50,55)/b27-13+/t32-,33-,34+,36-,37+,38+,39?,41?,47+,48-,49+/m0/s1. The molecule has 6 rings (SSSR count). The fourth-order valence-corrected chi connectivity index (χ4v) is 11.3. The van der Waals surface area contributed by atoms with Crippen LogP contribution < -0.4 is 5.32 Å². The molecule has 3 fully saturated rings. The second-order valence-corrected chi connectivity index (χ2v) is 25.0. The zero-order valence-corrected chi connectivity index (χ0v) is 40.0. The van der Waals surface area contributed by atoms with Gasteiger partial charge in [-0.15, -0.1) is 0 Å². The van der Waals surface area contributed by atoms with Crippen molar-refractivity contribution < 1.29 is 62.7 Å². The fourth-order valence-electron chi connectivity index (χ4n) is 10.1. The zero-order valence-electron chi connectivity index (χ0n) is 39.0. The SMILES string of the molecule is C/C=C(\C)C(=O)N[C@@H](c1ccccc1)[C@@H](O[Si](C)(C)C(C)(C)C)C(=O)O[C@H]1C[C@@]2(O)C(OC(=O)c3ccccc3)C3[C@](C)(C(=O)[C@H](O)C(=C1C)C2(C)C)[C@@H](O)C[C@H]1OC[C@@]31OC(C)=O. The number of ether oxygens (including phenoxy) is 4. The highest BCUT2D eigenvalue weighted by atomic mass is 28.4. The van der Waals surface area contributed by atoms with E-state index in [0.29, 0.717) is 11.1 Å². The van der Waals surface area contributed by atoms with Gasteiger partial charge in [0.25, 0.3) is 0 Å². The van der Waals surface area contributed by atoms with Crippen molar-refractivity contribution in [2.75, 3.05) is 6.61 Å². The Balaban J connectivity index is 1.56. The third kappa shape index (κ3) is 8.10. The molecule has 3 aliphatic carbocycles. The van der Waals surface area contributed by atoms with Crippen LogP contribution >= 0.6 is 0 Å². The van der Waals surface area contributed by atoms with Crippen LogP contribution in [0.2, 0.25) is 18.1 Å². The van der Waals surface area contributed by atoms with Crippen LogP contribution in [0.15, 0.2) is 83.5 Å². The Labute approximate surface area is 376 Å². The van der Waals surface area contributed by atoms with Crippen LogP contribution in [0, 0.1) is 16.7 Å². The Hall–Kier alpha value is -4.51. The molecule has 2 unspecified atom stereocenters. The smallest absolute Gasteiger partial charge is 0.338 e. The highest BCUT2D eigenvalue weighted by Crippen LogP contribution is 2.64. The largest absolute Gasteiger partial charge is 0.456 e. The van der Waals surface area contributed by atoms with Crippen molar-refractivity contribution >= 4 is 37.9 Å². The van der Waals surface area contributed by atoms with Gasteiger partial charge >= 0.3 is 17.9 Å².